The molecular formula is C13H24N2O4. The van der Waals surface area contributed by atoms with Crippen molar-refractivity contribution >= 4 is 12.0 Å². The van der Waals surface area contributed by atoms with Gasteiger partial charge in [-0.15, -0.1) is 0 Å². The number of hydrogen-bond donors (Lipinski definition) is 1. The number of likely N-dealkylation sites (tertiary alicyclic amines) is 1. The van der Waals surface area contributed by atoms with Crippen molar-refractivity contribution in [3.8, 4) is 0 Å². The molecule has 2 amide bonds. The molecule has 1 fully saturated rings. The Morgan fingerprint density at radius 2 is 2.16 bits per heavy atom. The first-order valence-electron chi connectivity index (χ1n) is 6.55. The quantitative estimate of drug-likeness (QED) is 0.817. The Morgan fingerprint density at radius 3 is 2.63 bits per heavy atom. The van der Waals surface area contributed by atoms with E-state index in [1.807, 2.05) is 20.8 Å². The fourth-order valence-electron chi connectivity index (χ4n) is 1.89. The molecule has 0 aromatic rings. The third-order valence-electron chi connectivity index (χ3n) is 2.96. The number of likely N-dealkylation sites (N-methyl/N-ethyl adjacent to an activating group) is 1. The first-order chi connectivity index (χ1) is 8.73. The van der Waals surface area contributed by atoms with E-state index in [-0.39, 0.29) is 18.4 Å². The lowest BCUT2D eigenvalue weighted by Gasteiger charge is -2.26. The highest BCUT2D eigenvalue weighted by Crippen LogP contribution is 2.16. The number of ether oxygens (including phenoxy) is 1. The van der Waals surface area contributed by atoms with Gasteiger partial charge in [0.15, 0.2) is 0 Å². The van der Waals surface area contributed by atoms with Crippen molar-refractivity contribution in [2.24, 2.45) is 5.92 Å². The maximum atomic E-state index is 11.7. The largest absolute Gasteiger partial charge is 0.444 e. The van der Waals surface area contributed by atoms with E-state index in [0.717, 1.165) is 0 Å². The molecule has 0 aromatic heterocycles. The van der Waals surface area contributed by atoms with Crippen LogP contribution in [0.3, 0.4) is 0 Å². The highest BCUT2D eigenvalue weighted by Gasteiger charge is 2.29. The second kappa shape index (κ2) is 6.23. The van der Waals surface area contributed by atoms with Gasteiger partial charge in [0.2, 0.25) is 5.91 Å². The Labute approximate surface area is 114 Å². The predicted octanol–water partition coefficient (Wildman–Crippen LogP) is 0.694. The maximum Gasteiger partial charge on any atom is 0.410 e. The average Bonchev–Trinajstić information content (AvgIpc) is 2.64. The lowest BCUT2D eigenvalue weighted by Crippen LogP contribution is -2.39. The van der Waals surface area contributed by atoms with Gasteiger partial charge < -0.3 is 19.6 Å². The first kappa shape index (κ1) is 15.8. The summed E-state index contributed by atoms with van der Waals surface area (Å²) in [7, 11) is 1.65. The molecule has 1 heterocycles. The zero-order valence-corrected chi connectivity index (χ0v) is 12.2. The van der Waals surface area contributed by atoms with E-state index < -0.39 is 11.7 Å². The summed E-state index contributed by atoms with van der Waals surface area (Å²) in [6.45, 7) is 6.95. The van der Waals surface area contributed by atoms with E-state index in [1.54, 1.807) is 11.9 Å². The topological polar surface area (TPSA) is 70.1 Å². The fraction of sp³-hybridized carbons (Fsp3) is 0.846. The molecule has 1 aliphatic heterocycles. The predicted molar refractivity (Wildman–Crippen MR) is 70.6 cm³/mol. The van der Waals surface area contributed by atoms with Crippen LogP contribution < -0.4 is 0 Å². The second-order valence-corrected chi connectivity index (χ2v) is 5.99. The van der Waals surface area contributed by atoms with Crippen molar-refractivity contribution in [3.05, 3.63) is 0 Å². The molecule has 0 saturated carbocycles. The number of amides is 2. The van der Waals surface area contributed by atoms with Gasteiger partial charge in [-0.2, -0.15) is 0 Å². The first-order valence-corrected chi connectivity index (χ1v) is 6.55. The van der Waals surface area contributed by atoms with Crippen LogP contribution in [0, 0.1) is 5.92 Å². The van der Waals surface area contributed by atoms with Crippen molar-refractivity contribution in [2.45, 2.75) is 32.8 Å². The molecular weight excluding hydrogens is 248 g/mol. The molecule has 0 radical (unpaired) electrons. The number of aliphatic hydroxyl groups excluding tert-OH is 1. The average molecular weight is 272 g/mol. The van der Waals surface area contributed by atoms with Gasteiger partial charge in [-0.05, 0) is 20.8 Å². The summed E-state index contributed by atoms with van der Waals surface area (Å²) in [5, 5.41) is 9.03. The van der Waals surface area contributed by atoms with Crippen molar-refractivity contribution in [1.82, 2.24) is 9.80 Å². The number of aliphatic hydroxyl groups is 1. The molecule has 0 aromatic carbocycles. The Hall–Kier alpha value is -1.30. The van der Waals surface area contributed by atoms with Gasteiger partial charge in [-0.25, -0.2) is 4.79 Å². The lowest BCUT2D eigenvalue weighted by molar-refractivity contribution is -0.127. The van der Waals surface area contributed by atoms with Gasteiger partial charge in [0.1, 0.15) is 5.60 Å². The lowest BCUT2D eigenvalue weighted by atomic mass is 10.1. The highest BCUT2D eigenvalue weighted by atomic mass is 16.6. The molecule has 19 heavy (non-hydrogen) atoms. The number of carbonyl (C=O) groups is 2. The standard InChI is InChI=1S/C13H24N2O4/c1-13(2,3)19-12(18)14(4)5-6-15-8-10(9-16)7-11(15)17/h10,16H,5-9H2,1-4H3. The van der Waals surface area contributed by atoms with Crippen LogP contribution >= 0.6 is 0 Å². The molecule has 1 atom stereocenters. The Morgan fingerprint density at radius 1 is 1.53 bits per heavy atom. The summed E-state index contributed by atoms with van der Waals surface area (Å²) in [4.78, 5) is 26.5. The maximum absolute atomic E-state index is 11.7. The van der Waals surface area contributed by atoms with Gasteiger partial charge in [-0.1, -0.05) is 0 Å². The summed E-state index contributed by atoms with van der Waals surface area (Å²) in [5.41, 5.74) is -0.517. The van der Waals surface area contributed by atoms with Crippen LogP contribution in [0.5, 0.6) is 0 Å². The van der Waals surface area contributed by atoms with E-state index in [1.165, 1.54) is 4.90 Å². The second-order valence-electron chi connectivity index (χ2n) is 5.99. The summed E-state index contributed by atoms with van der Waals surface area (Å²) < 4.78 is 5.23. The SMILES string of the molecule is CN(CCN1CC(CO)CC1=O)C(=O)OC(C)(C)C. The highest BCUT2D eigenvalue weighted by molar-refractivity contribution is 5.78. The summed E-state index contributed by atoms with van der Waals surface area (Å²) in [6.07, 6.45) is 0.00461. The minimum Gasteiger partial charge on any atom is -0.444 e. The molecule has 6 heteroatoms. The van der Waals surface area contributed by atoms with E-state index in [2.05, 4.69) is 0 Å². The van der Waals surface area contributed by atoms with Crippen molar-refractivity contribution in [2.75, 3.05) is 33.3 Å². The third kappa shape index (κ3) is 5.06. The van der Waals surface area contributed by atoms with Crippen LogP contribution in [0.25, 0.3) is 0 Å². The van der Waals surface area contributed by atoms with Gasteiger partial charge in [0, 0.05) is 45.6 Å². The van der Waals surface area contributed by atoms with E-state index in [0.29, 0.717) is 26.1 Å². The number of carbonyl (C=O) groups excluding carboxylic acids is 2. The Kier molecular flexibility index (Phi) is 5.17. The Bertz CT molecular complexity index is 338. The normalized spacial score (nSPS) is 19.7. The zero-order valence-electron chi connectivity index (χ0n) is 12.2. The van der Waals surface area contributed by atoms with Gasteiger partial charge in [0.25, 0.3) is 0 Å². The smallest absolute Gasteiger partial charge is 0.410 e. The van der Waals surface area contributed by atoms with E-state index >= 15 is 0 Å². The monoisotopic (exact) mass is 272 g/mol. The van der Waals surface area contributed by atoms with Crippen molar-refractivity contribution < 1.29 is 19.4 Å². The van der Waals surface area contributed by atoms with E-state index in [9.17, 15) is 9.59 Å². The summed E-state index contributed by atoms with van der Waals surface area (Å²) in [5.74, 6) is 0.0657. The molecule has 1 unspecified atom stereocenters. The Balaban J connectivity index is 2.36. The third-order valence-corrected chi connectivity index (χ3v) is 2.96. The molecule has 1 rings (SSSR count). The minimum atomic E-state index is -0.517. The van der Waals surface area contributed by atoms with Gasteiger partial charge in [-0.3, -0.25) is 4.79 Å². The van der Waals surface area contributed by atoms with E-state index in [4.69, 9.17) is 9.84 Å². The zero-order chi connectivity index (χ0) is 14.6. The van der Waals surface area contributed by atoms with Crippen LogP contribution in [0.1, 0.15) is 27.2 Å². The minimum absolute atomic E-state index is 0.0272. The van der Waals surface area contributed by atoms with Crippen LogP contribution in [-0.4, -0.2) is 65.8 Å². The molecule has 0 bridgehead atoms. The molecule has 110 valence electrons. The van der Waals surface area contributed by atoms with Crippen molar-refractivity contribution in [3.63, 3.8) is 0 Å². The summed E-state index contributed by atoms with van der Waals surface area (Å²) >= 11 is 0. The molecule has 1 aliphatic rings. The van der Waals surface area contributed by atoms with Gasteiger partial charge >= 0.3 is 6.09 Å². The van der Waals surface area contributed by atoms with Crippen LogP contribution in [-0.2, 0) is 9.53 Å². The number of hydrogen-bond acceptors (Lipinski definition) is 4. The van der Waals surface area contributed by atoms with Crippen LogP contribution in [0.2, 0.25) is 0 Å². The number of rotatable bonds is 4. The van der Waals surface area contributed by atoms with Crippen molar-refractivity contribution in [1.29, 1.82) is 0 Å². The van der Waals surface area contributed by atoms with Crippen LogP contribution in [0.15, 0.2) is 0 Å². The fourth-order valence-corrected chi connectivity index (χ4v) is 1.89. The van der Waals surface area contributed by atoms with Gasteiger partial charge in [0.05, 0.1) is 0 Å². The molecule has 0 spiro atoms. The molecule has 6 nitrogen and oxygen atoms in total. The molecule has 1 saturated heterocycles. The molecule has 0 aliphatic carbocycles. The van der Waals surface area contributed by atoms with Crippen LogP contribution in [0.4, 0.5) is 4.79 Å². The number of nitrogens with zero attached hydrogens (tertiary/aromatic N) is 2. The summed E-state index contributed by atoms with van der Waals surface area (Å²) in [6, 6.07) is 0. The molecule has 1 N–H and O–H groups in total.